The fourth-order valence-corrected chi connectivity index (χ4v) is 10.1. The highest BCUT2D eigenvalue weighted by atomic mass is 19.4. The first kappa shape index (κ1) is 53.7. The molecule has 0 saturated heterocycles. The quantitative estimate of drug-likeness (QED) is 0.135. The zero-order chi connectivity index (χ0) is 58.0. The summed E-state index contributed by atoms with van der Waals surface area (Å²) < 4.78 is 174. The van der Waals surface area contributed by atoms with Gasteiger partial charge in [0, 0.05) is 44.2 Å². The molecule has 0 radical (unpaired) electrons. The molecule has 0 atom stereocenters. The summed E-state index contributed by atoms with van der Waals surface area (Å²) in [5.41, 5.74) is -0.629. The highest BCUT2D eigenvalue weighted by molar-refractivity contribution is 6.12. The second-order valence-corrected chi connectivity index (χ2v) is 19.5. The lowest BCUT2D eigenvalue weighted by atomic mass is 9.96. The highest BCUT2D eigenvalue weighted by Crippen LogP contribution is 2.45. The Hall–Kier alpha value is -9.90. The van der Waals surface area contributed by atoms with Gasteiger partial charge in [-0.2, -0.15) is 52.7 Å². The number of nitrogens with zero attached hydrogens (tertiary/aromatic N) is 5. The van der Waals surface area contributed by atoms with Crippen molar-refractivity contribution in [3.05, 3.63) is 247 Å². The Morgan fingerprint density at radius 2 is 0.578 bits per heavy atom. The van der Waals surface area contributed by atoms with Crippen molar-refractivity contribution in [3.8, 4) is 95.7 Å². The smallest absolute Gasteiger partial charge is 0.309 e. The van der Waals surface area contributed by atoms with Crippen LogP contribution in [-0.4, -0.2) is 24.5 Å². The number of alkyl halides is 12. The monoisotopic (exact) mass is 1130 g/mol. The molecule has 5 nitrogen and oxygen atoms in total. The fraction of sp³-hybridized carbons (Fsp3) is 0.0606. The molecule has 12 aromatic rings. The lowest BCUT2D eigenvalue weighted by Gasteiger charge is -2.18. The molecule has 0 bridgehead atoms. The summed E-state index contributed by atoms with van der Waals surface area (Å²) >= 11 is 0. The van der Waals surface area contributed by atoms with E-state index in [4.69, 9.17) is 19.9 Å². The average molecular weight is 1130 g/mol. The predicted octanol–water partition coefficient (Wildman–Crippen LogP) is 19.8. The molecule has 9 aromatic carbocycles. The number of halogens is 12. The molecular formula is C66H37F12N5. The molecule has 0 aliphatic heterocycles. The molecule has 12 rings (SSSR count). The molecule has 0 unspecified atom stereocenters. The van der Waals surface area contributed by atoms with Crippen LogP contribution in [0.1, 0.15) is 22.3 Å². The van der Waals surface area contributed by atoms with E-state index >= 15 is 0 Å². The molecular weight excluding hydrogens is 1090 g/mol. The minimum atomic E-state index is -5.20. The minimum Gasteiger partial charge on any atom is -0.309 e. The second kappa shape index (κ2) is 20.6. The first-order chi connectivity index (χ1) is 39.6. The number of hydrogen-bond donors (Lipinski definition) is 0. The number of rotatable bonds is 9. The molecule has 0 fully saturated rings. The molecule has 0 saturated carbocycles. The third kappa shape index (κ3) is 10.8. The Kier molecular flexibility index (Phi) is 13.3. The zero-order valence-electron chi connectivity index (χ0n) is 42.6. The topological polar surface area (TPSA) is 56.5 Å². The first-order valence-electron chi connectivity index (χ1n) is 25.5. The number of fused-ring (bicyclic) bond motifs is 3. The van der Waals surface area contributed by atoms with Gasteiger partial charge in [-0.3, -0.25) is 0 Å². The van der Waals surface area contributed by atoms with E-state index in [1.54, 1.807) is 22.8 Å². The summed E-state index contributed by atoms with van der Waals surface area (Å²) in [5, 5.41) is 0.327. The van der Waals surface area contributed by atoms with Crippen LogP contribution in [-0.2, 0) is 24.7 Å². The summed E-state index contributed by atoms with van der Waals surface area (Å²) in [6.07, 6.45) is -20.8. The van der Waals surface area contributed by atoms with Gasteiger partial charge in [0.2, 0.25) is 0 Å². The molecule has 83 heavy (non-hydrogen) atoms. The van der Waals surface area contributed by atoms with Crippen LogP contribution in [0.2, 0.25) is 0 Å². The summed E-state index contributed by atoms with van der Waals surface area (Å²) in [6, 6.07) is 57.0. The third-order valence-corrected chi connectivity index (χ3v) is 14.1. The second-order valence-electron chi connectivity index (χ2n) is 19.5. The lowest BCUT2D eigenvalue weighted by Crippen LogP contribution is -2.11. The van der Waals surface area contributed by atoms with Crippen LogP contribution in [0.25, 0.3) is 118 Å². The summed E-state index contributed by atoms with van der Waals surface area (Å²) in [7, 11) is 0. The average Bonchev–Trinajstić information content (AvgIpc) is 2.24. The Morgan fingerprint density at radius 1 is 0.253 bits per heavy atom. The van der Waals surface area contributed by atoms with Crippen molar-refractivity contribution in [3.63, 3.8) is 0 Å². The van der Waals surface area contributed by atoms with E-state index in [9.17, 15) is 52.7 Å². The highest BCUT2D eigenvalue weighted by Gasteiger charge is 2.39. The van der Waals surface area contributed by atoms with E-state index < -0.39 is 58.1 Å². The largest absolute Gasteiger partial charge is 0.416 e. The Balaban J connectivity index is 1.17. The minimum absolute atomic E-state index is 0.00161. The van der Waals surface area contributed by atoms with Gasteiger partial charge in [0.05, 0.1) is 61.8 Å². The van der Waals surface area contributed by atoms with Gasteiger partial charge in [0.1, 0.15) is 0 Å². The third-order valence-electron chi connectivity index (χ3n) is 14.1. The van der Waals surface area contributed by atoms with Gasteiger partial charge in [0.15, 0.2) is 11.6 Å². The molecule has 17 heteroatoms. The van der Waals surface area contributed by atoms with E-state index in [0.29, 0.717) is 92.1 Å². The van der Waals surface area contributed by atoms with Crippen molar-refractivity contribution in [2.24, 2.45) is 0 Å². The van der Waals surface area contributed by atoms with E-state index in [1.807, 2.05) is 133 Å². The first-order valence-corrected chi connectivity index (χ1v) is 25.5. The van der Waals surface area contributed by atoms with Crippen LogP contribution in [0.3, 0.4) is 0 Å². The maximum absolute atomic E-state index is 14.3. The van der Waals surface area contributed by atoms with Crippen molar-refractivity contribution < 1.29 is 52.7 Å². The molecule has 3 aromatic heterocycles. The number of hydrogen-bond acceptors (Lipinski definition) is 4. The van der Waals surface area contributed by atoms with Crippen LogP contribution in [0.5, 0.6) is 0 Å². The van der Waals surface area contributed by atoms with Crippen molar-refractivity contribution >= 4 is 21.8 Å². The van der Waals surface area contributed by atoms with Gasteiger partial charge in [0.25, 0.3) is 0 Å². The van der Waals surface area contributed by atoms with E-state index in [1.165, 1.54) is 36.4 Å². The maximum Gasteiger partial charge on any atom is 0.416 e. The van der Waals surface area contributed by atoms with E-state index in [2.05, 4.69) is 0 Å². The van der Waals surface area contributed by atoms with Gasteiger partial charge < -0.3 is 4.57 Å². The Bertz CT molecular complexity index is 4110. The SMILES string of the molecule is FC(F)(F)c1cc(-c2ccc3c(c2)c2cc(-c4cc(C(F)(F)F)cc(C(F)(F)F)c4)ccc2n3-c2ccc(-c3cc(-c4ccccc4)nc(-c4ccccc4)n3)cc2-c2cc(-c3ccccc3)nc(-c3ccccc3)n2)cc(C(F)(F)F)c1. The molecule has 0 amide bonds. The normalized spacial score (nSPS) is 12.3. The van der Waals surface area contributed by atoms with Crippen molar-refractivity contribution in [1.29, 1.82) is 0 Å². The van der Waals surface area contributed by atoms with Crippen LogP contribution in [0.15, 0.2) is 224 Å². The standard InChI is InChI=1S/C66H37F12N5/c67-63(68,69)47-27-45(28-48(34-47)64(70,71)72)42-21-24-58-51(31-42)52-32-43(46-29-49(65(73,74)75)35-50(30-46)66(76,77)78)22-25-59(52)83(58)60-26-23-44(56-36-54(38-13-5-1-6-14-38)79-61(81-56)40-17-9-3-10-18-40)33-53(60)57-37-55(39-15-7-2-8-16-39)80-62(82-57)41-19-11-4-12-20-41/h1-37H. The van der Waals surface area contributed by atoms with Crippen LogP contribution in [0, 0.1) is 0 Å². The zero-order valence-corrected chi connectivity index (χ0v) is 42.6. The summed E-state index contributed by atoms with van der Waals surface area (Å²) in [6.45, 7) is 0. The van der Waals surface area contributed by atoms with E-state index in [-0.39, 0.29) is 34.0 Å². The molecule has 0 aliphatic rings. The Morgan fingerprint density at radius 3 is 0.952 bits per heavy atom. The Labute approximate surface area is 464 Å². The van der Waals surface area contributed by atoms with Crippen molar-refractivity contribution in [2.75, 3.05) is 0 Å². The maximum atomic E-state index is 14.3. The van der Waals surface area contributed by atoms with Gasteiger partial charge in [-0.1, -0.05) is 140 Å². The van der Waals surface area contributed by atoms with Gasteiger partial charge in [-0.15, -0.1) is 0 Å². The number of aromatic nitrogens is 5. The lowest BCUT2D eigenvalue weighted by molar-refractivity contribution is -0.144. The molecule has 410 valence electrons. The molecule has 3 heterocycles. The van der Waals surface area contributed by atoms with E-state index in [0.717, 1.165) is 16.7 Å². The van der Waals surface area contributed by atoms with Gasteiger partial charge in [-0.25, -0.2) is 19.9 Å². The van der Waals surface area contributed by atoms with Crippen molar-refractivity contribution in [1.82, 2.24) is 24.5 Å². The van der Waals surface area contributed by atoms with Gasteiger partial charge >= 0.3 is 24.7 Å². The van der Waals surface area contributed by atoms with Crippen LogP contribution >= 0.6 is 0 Å². The fourth-order valence-electron chi connectivity index (χ4n) is 10.1. The van der Waals surface area contributed by atoms with Crippen molar-refractivity contribution in [2.45, 2.75) is 24.7 Å². The molecule has 0 N–H and O–H groups in total. The number of benzene rings is 9. The van der Waals surface area contributed by atoms with Gasteiger partial charge in [-0.05, 0) is 107 Å². The van der Waals surface area contributed by atoms with Crippen LogP contribution < -0.4 is 0 Å². The molecule has 0 spiro atoms. The summed E-state index contributed by atoms with van der Waals surface area (Å²) in [5.74, 6) is 0.737. The molecule has 0 aliphatic carbocycles. The predicted molar refractivity (Wildman–Crippen MR) is 295 cm³/mol. The summed E-state index contributed by atoms with van der Waals surface area (Å²) in [4.78, 5) is 20.2. The van der Waals surface area contributed by atoms with Crippen LogP contribution in [0.4, 0.5) is 52.7 Å².